The van der Waals surface area contributed by atoms with Gasteiger partial charge in [-0.05, 0) is 105 Å². The van der Waals surface area contributed by atoms with E-state index in [-0.39, 0.29) is 17.2 Å². The van der Waals surface area contributed by atoms with E-state index in [9.17, 15) is 20.4 Å². The average molecular weight is 588 g/mol. The highest BCUT2D eigenvalue weighted by atomic mass is 127. The molecule has 0 aromatic heterocycles. The summed E-state index contributed by atoms with van der Waals surface area (Å²) in [6, 6.07) is 25.9. The molecular formula is C31H25IO4. The number of aliphatic hydroxyl groups excluding tert-OH is 1. The van der Waals surface area contributed by atoms with E-state index in [1.807, 2.05) is 66.7 Å². The third-order valence-electron chi connectivity index (χ3n) is 6.47. The van der Waals surface area contributed by atoms with Crippen LogP contribution >= 0.6 is 22.6 Å². The normalized spacial score (nSPS) is 15.9. The number of hydrogen-bond donors (Lipinski definition) is 4. The molecule has 180 valence electrons. The van der Waals surface area contributed by atoms with Crippen molar-refractivity contribution in [2.75, 3.05) is 0 Å². The molecule has 5 heteroatoms. The molecule has 2 atom stereocenters. The number of hydrogen-bond acceptors (Lipinski definition) is 4. The van der Waals surface area contributed by atoms with E-state index in [2.05, 4.69) is 28.7 Å². The summed E-state index contributed by atoms with van der Waals surface area (Å²) in [4.78, 5) is 0. The zero-order valence-corrected chi connectivity index (χ0v) is 21.5. The van der Waals surface area contributed by atoms with Gasteiger partial charge in [-0.15, -0.1) is 0 Å². The lowest BCUT2D eigenvalue weighted by Crippen LogP contribution is -2.07. The van der Waals surface area contributed by atoms with Gasteiger partial charge in [0.15, 0.2) is 0 Å². The average Bonchev–Trinajstić information content (AvgIpc) is 2.87. The first-order valence-corrected chi connectivity index (χ1v) is 12.7. The number of phenolic OH excluding ortho intramolecular Hbond substituents is 3. The van der Waals surface area contributed by atoms with Crippen LogP contribution in [-0.4, -0.2) is 26.5 Å². The molecular weight excluding hydrogens is 563 g/mol. The molecule has 1 aliphatic carbocycles. The minimum atomic E-state index is -0.482. The number of aromatic hydroxyl groups is 3. The molecule has 4 aromatic rings. The van der Waals surface area contributed by atoms with Gasteiger partial charge in [-0.1, -0.05) is 54.6 Å². The quantitative estimate of drug-likeness (QED) is 0.150. The van der Waals surface area contributed by atoms with Crippen LogP contribution in [0.2, 0.25) is 0 Å². The molecule has 0 saturated carbocycles. The molecule has 0 saturated heterocycles. The highest BCUT2D eigenvalue weighted by molar-refractivity contribution is 14.1. The van der Waals surface area contributed by atoms with Crippen LogP contribution in [0.3, 0.4) is 0 Å². The molecule has 0 aliphatic heterocycles. The molecule has 2 unspecified atom stereocenters. The minimum Gasteiger partial charge on any atom is -0.508 e. The van der Waals surface area contributed by atoms with E-state index in [1.54, 1.807) is 30.3 Å². The molecule has 0 heterocycles. The summed E-state index contributed by atoms with van der Waals surface area (Å²) in [5, 5.41) is 41.6. The van der Waals surface area contributed by atoms with Crippen LogP contribution in [0.25, 0.3) is 16.7 Å². The number of allylic oxidation sites excluding steroid dienone is 2. The third kappa shape index (κ3) is 5.03. The van der Waals surface area contributed by atoms with Crippen LogP contribution in [0, 0.1) is 3.57 Å². The van der Waals surface area contributed by atoms with Crippen molar-refractivity contribution in [1.29, 1.82) is 0 Å². The van der Waals surface area contributed by atoms with E-state index in [0.717, 1.165) is 31.4 Å². The predicted molar refractivity (Wildman–Crippen MR) is 151 cm³/mol. The van der Waals surface area contributed by atoms with Crippen LogP contribution in [0.15, 0.2) is 103 Å². The van der Waals surface area contributed by atoms with Crippen LogP contribution in [0.4, 0.5) is 0 Å². The predicted octanol–water partition coefficient (Wildman–Crippen LogP) is 6.96. The maximum absolute atomic E-state index is 11.1. The fraction of sp³-hybridized carbons (Fsp3) is 0.0968. The van der Waals surface area contributed by atoms with Gasteiger partial charge < -0.3 is 20.4 Å². The number of aliphatic hydroxyl groups is 1. The summed E-state index contributed by atoms with van der Waals surface area (Å²) in [6.45, 7) is 0. The molecule has 36 heavy (non-hydrogen) atoms. The summed E-state index contributed by atoms with van der Waals surface area (Å²) in [5.74, 6) is 0.0221. The molecule has 0 amide bonds. The Kier molecular flexibility index (Phi) is 6.85. The van der Waals surface area contributed by atoms with Gasteiger partial charge >= 0.3 is 0 Å². The van der Waals surface area contributed by atoms with Crippen molar-refractivity contribution in [2.45, 2.75) is 18.4 Å². The lowest BCUT2D eigenvalue weighted by Gasteiger charge is -2.23. The van der Waals surface area contributed by atoms with Gasteiger partial charge in [0, 0.05) is 20.6 Å². The van der Waals surface area contributed by atoms with Crippen molar-refractivity contribution < 1.29 is 20.4 Å². The fourth-order valence-corrected chi connectivity index (χ4v) is 5.19. The molecule has 4 N–H and O–H groups in total. The summed E-state index contributed by atoms with van der Waals surface area (Å²) >= 11 is 2.27. The fourth-order valence-electron chi connectivity index (χ4n) is 4.62. The zero-order chi connectivity index (χ0) is 25.2. The first-order valence-electron chi connectivity index (χ1n) is 11.7. The third-order valence-corrected chi connectivity index (χ3v) is 7.14. The van der Waals surface area contributed by atoms with Crippen molar-refractivity contribution >= 4 is 28.2 Å². The summed E-state index contributed by atoms with van der Waals surface area (Å²) < 4.78 is 1.05. The SMILES string of the molecule is Oc1ccc(-c2ccc(O)c(C(c3cccc(I)c3)c3cc(C4=CCC(O)C=C4)ccc3O)c2)cc1. The Morgan fingerprint density at radius 2 is 1.36 bits per heavy atom. The van der Waals surface area contributed by atoms with Crippen LogP contribution in [0.5, 0.6) is 17.2 Å². The molecule has 0 radical (unpaired) electrons. The van der Waals surface area contributed by atoms with Crippen LogP contribution in [-0.2, 0) is 0 Å². The molecule has 4 aromatic carbocycles. The second kappa shape index (κ2) is 10.2. The summed E-state index contributed by atoms with van der Waals surface area (Å²) in [6.07, 6.45) is 5.71. The summed E-state index contributed by atoms with van der Waals surface area (Å²) in [7, 11) is 0. The molecule has 0 spiro atoms. The lowest BCUT2D eigenvalue weighted by atomic mass is 9.82. The molecule has 1 aliphatic rings. The van der Waals surface area contributed by atoms with Crippen molar-refractivity contribution in [3.8, 4) is 28.4 Å². The van der Waals surface area contributed by atoms with Crippen molar-refractivity contribution in [3.63, 3.8) is 0 Å². The van der Waals surface area contributed by atoms with E-state index in [4.69, 9.17) is 0 Å². The van der Waals surface area contributed by atoms with Gasteiger partial charge in [0.2, 0.25) is 0 Å². The molecule has 5 rings (SSSR count). The second-order valence-corrected chi connectivity index (χ2v) is 10.1. The van der Waals surface area contributed by atoms with E-state index in [0.29, 0.717) is 17.5 Å². The Hall–Kier alpha value is -3.55. The monoisotopic (exact) mass is 588 g/mol. The van der Waals surface area contributed by atoms with E-state index in [1.165, 1.54) is 0 Å². The Morgan fingerprint density at radius 3 is 2.00 bits per heavy atom. The smallest absolute Gasteiger partial charge is 0.119 e. The number of rotatable bonds is 5. The highest BCUT2D eigenvalue weighted by Crippen LogP contribution is 2.43. The van der Waals surface area contributed by atoms with E-state index < -0.39 is 12.0 Å². The lowest BCUT2D eigenvalue weighted by molar-refractivity contribution is 0.226. The van der Waals surface area contributed by atoms with E-state index >= 15 is 0 Å². The summed E-state index contributed by atoms with van der Waals surface area (Å²) in [5.41, 5.74) is 5.98. The second-order valence-electron chi connectivity index (χ2n) is 8.90. The topological polar surface area (TPSA) is 80.9 Å². The molecule has 4 nitrogen and oxygen atoms in total. The first-order chi connectivity index (χ1) is 17.4. The van der Waals surface area contributed by atoms with Gasteiger partial charge in [0.1, 0.15) is 17.2 Å². The molecule has 0 fully saturated rings. The van der Waals surface area contributed by atoms with Crippen LogP contribution in [0.1, 0.15) is 34.6 Å². The Bertz CT molecular complexity index is 1470. The Labute approximate surface area is 223 Å². The standard InChI is InChI=1S/C31H25IO4/c32-24-3-1-2-23(16-24)31(27-17-21(8-14-29(27)35)19-4-10-25(33)11-5-19)28-18-22(9-15-30(28)36)20-6-12-26(34)13-7-20/h1-12,14-18,26,31,33-36H,13H2. The van der Waals surface area contributed by atoms with Gasteiger partial charge in [0.25, 0.3) is 0 Å². The van der Waals surface area contributed by atoms with Gasteiger partial charge in [-0.3, -0.25) is 0 Å². The van der Waals surface area contributed by atoms with Crippen LogP contribution < -0.4 is 0 Å². The van der Waals surface area contributed by atoms with Crippen molar-refractivity contribution in [3.05, 3.63) is 129 Å². The van der Waals surface area contributed by atoms with Gasteiger partial charge in [0.05, 0.1) is 6.10 Å². The maximum Gasteiger partial charge on any atom is 0.119 e. The Balaban J connectivity index is 1.69. The van der Waals surface area contributed by atoms with Crippen molar-refractivity contribution in [2.24, 2.45) is 0 Å². The molecule has 0 bridgehead atoms. The first kappa shape index (κ1) is 24.2. The van der Waals surface area contributed by atoms with Gasteiger partial charge in [-0.2, -0.15) is 0 Å². The van der Waals surface area contributed by atoms with Crippen molar-refractivity contribution in [1.82, 2.24) is 0 Å². The zero-order valence-electron chi connectivity index (χ0n) is 19.3. The van der Waals surface area contributed by atoms with Gasteiger partial charge in [-0.25, -0.2) is 0 Å². The largest absolute Gasteiger partial charge is 0.508 e. The number of benzene rings is 4. The minimum absolute atomic E-state index is 0.131. The number of halogens is 1. The highest BCUT2D eigenvalue weighted by Gasteiger charge is 2.25. The number of phenols is 3. The Morgan fingerprint density at radius 1 is 0.722 bits per heavy atom. The maximum atomic E-state index is 11.1.